The molecule has 23 heavy (non-hydrogen) atoms. The Balaban J connectivity index is 1.85. The van der Waals surface area contributed by atoms with E-state index in [0.717, 1.165) is 30.3 Å². The number of benzene rings is 1. The van der Waals surface area contributed by atoms with E-state index < -0.39 is 5.41 Å². The molecule has 1 aliphatic rings. The van der Waals surface area contributed by atoms with Gasteiger partial charge in [-0.05, 0) is 31.4 Å². The van der Waals surface area contributed by atoms with Crippen molar-refractivity contribution in [3.63, 3.8) is 0 Å². The maximum Gasteiger partial charge on any atom is 0.316 e. The Labute approximate surface area is 136 Å². The third-order valence-corrected chi connectivity index (χ3v) is 4.58. The summed E-state index contributed by atoms with van der Waals surface area (Å²) in [7, 11) is 1.46. The summed E-state index contributed by atoms with van der Waals surface area (Å²) in [4.78, 5) is 23.5. The van der Waals surface area contributed by atoms with Crippen molar-refractivity contribution in [2.24, 2.45) is 0 Å². The number of aryl methyl sites for hydroxylation is 1. The van der Waals surface area contributed by atoms with Gasteiger partial charge in [0.1, 0.15) is 0 Å². The van der Waals surface area contributed by atoms with Gasteiger partial charge >= 0.3 is 5.97 Å². The van der Waals surface area contributed by atoms with E-state index in [0.29, 0.717) is 12.8 Å². The average molecular weight is 311 g/mol. The summed E-state index contributed by atoms with van der Waals surface area (Å²) in [6.07, 6.45) is 3.17. The quantitative estimate of drug-likeness (QED) is 0.815. The lowest BCUT2D eigenvalue weighted by Gasteiger charge is -2.40. The van der Waals surface area contributed by atoms with Crippen LogP contribution in [0.5, 0.6) is 0 Å². The molecule has 1 fully saturated rings. The van der Waals surface area contributed by atoms with Crippen molar-refractivity contribution in [2.45, 2.75) is 25.2 Å². The SMILES string of the molecule is COC(=O)C1(c2ccccc2)CCN(c2nccc(C)n2)CC1. The zero-order chi connectivity index (χ0) is 16.3. The molecule has 5 heteroatoms. The Morgan fingerprint density at radius 1 is 1.17 bits per heavy atom. The number of nitrogens with zero attached hydrogens (tertiary/aromatic N) is 3. The first-order chi connectivity index (χ1) is 11.2. The van der Waals surface area contributed by atoms with E-state index in [1.54, 1.807) is 6.20 Å². The number of ether oxygens (including phenoxy) is 1. The van der Waals surface area contributed by atoms with Gasteiger partial charge in [0.2, 0.25) is 5.95 Å². The number of methoxy groups -OCH3 is 1. The number of rotatable bonds is 3. The Kier molecular flexibility index (Phi) is 4.28. The average Bonchev–Trinajstić information content (AvgIpc) is 2.62. The molecule has 120 valence electrons. The summed E-state index contributed by atoms with van der Waals surface area (Å²) in [5.41, 5.74) is 1.40. The van der Waals surface area contributed by atoms with Gasteiger partial charge in [-0.1, -0.05) is 30.3 Å². The van der Waals surface area contributed by atoms with Gasteiger partial charge in [-0.2, -0.15) is 0 Å². The second-order valence-corrected chi connectivity index (χ2v) is 5.92. The highest BCUT2D eigenvalue weighted by Gasteiger charge is 2.44. The van der Waals surface area contributed by atoms with Crippen molar-refractivity contribution in [3.05, 3.63) is 53.9 Å². The maximum absolute atomic E-state index is 12.5. The lowest BCUT2D eigenvalue weighted by atomic mass is 9.73. The van der Waals surface area contributed by atoms with Crippen molar-refractivity contribution in [2.75, 3.05) is 25.1 Å². The van der Waals surface area contributed by atoms with E-state index in [1.807, 2.05) is 43.3 Å². The second-order valence-electron chi connectivity index (χ2n) is 5.92. The molecule has 0 atom stereocenters. The zero-order valence-electron chi connectivity index (χ0n) is 13.5. The standard InChI is InChI=1S/C18H21N3O2/c1-14-8-11-19-17(20-14)21-12-9-18(10-13-21,16(22)23-2)15-6-4-3-5-7-15/h3-8,11H,9-10,12-13H2,1-2H3. The molecular weight excluding hydrogens is 290 g/mol. The fraction of sp³-hybridized carbons (Fsp3) is 0.389. The third-order valence-electron chi connectivity index (χ3n) is 4.58. The smallest absolute Gasteiger partial charge is 0.316 e. The molecule has 0 radical (unpaired) electrons. The van der Waals surface area contributed by atoms with Crippen molar-refractivity contribution >= 4 is 11.9 Å². The number of anilines is 1. The fourth-order valence-corrected chi connectivity index (χ4v) is 3.24. The predicted molar refractivity (Wildman–Crippen MR) is 88.4 cm³/mol. The minimum Gasteiger partial charge on any atom is -0.468 e. The number of aromatic nitrogens is 2. The minimum absolute atomic E-state index is 0.159. The van der Waals surface area contributed by atoms with Gasteiger partial charge in [-0.15, -0.1) is 0 Å². The molecule has 2 aromatic rings. The number of piperidine rings is 1. The Hall–Kier alpha value is -2.43. The summed E-state index contributed by atoms with van der Waals surface area (Å²) in [6, 6.07) is 11.8. The minimum atomic E-state index is -0.573. The van der Waals surface area contributed by atoms with Crippen molar-refractivity contribution in [1.82, 2.24) is 9.97 Å². The van der Waals surface area contributed by atoms with Gasteiger partial charge in [-0.3, -0.25) is 4.79 Å². The van der Waals surface area contributed by atoms with Crippen LogP contribution in [0.15, 0.2) is 42.6 Å². The zero-order valence-corrected chi connectivity index (χ0v) is 13.5. The summed E-state index contributed by atoms with van der Waals surface area (Å²) >= 11 is 0. The molecule has 0 bridgehead atoms. The van der Waals surface area contributed by atoms with Crippen LogP contribution in [0.3, 0.4) is 0 Å². The van der Waals surface area contributed by atoms with Crippen LogP contribution in [-0.4, -0.2) is 36.1 Å². The highest BCUT2D eigenvalue weighted by Crippen LogP contribution is 2.37. The molecule has 1 aliphatic heterocycles. The number of hydrogen-bond donors (Lipinski definition) is 0. The molecule has 0 amide bonds. The number of carbonyl (C=O) groups is 1. The van der Waals surface area contributed by atoms with Gasteiger partial charge in [0.15, 0.2) is 0 Å². The molecule has 0 spiro atoms. The van der Waals surface area contributed by atoms with Crippen LogP contribution in [0.2, 0.25) is 0 Å². The molecular formula is C18H21N3O2. The van der Waals surface area contributed by atoms with Crippen molar-refractivity contribution in [3.8, 4) is 0 Å². The van der Waals surface area contributed by atoms with Gasteiger partial charge in [-0.25, -0.2) is 9.97 Å². The summed E-state index contributed by atoms with van der Waals surface area (Å²) in [5, 5.41) is 0. The van der Waals surface area contributed by atoms with Gasteiger partial charge in [0.05, 0.1) is 12.5 Å². The van der Waals surface area contributed by atoms with Crippen LogP contribution in [0.1, 0.15) is 24.1 Å². The van der Waals surface area contributed by atoms with E-state index in [2.05, 4.69) is 14.9 Å². The molecule has 1 aromatic carbocycles. The first-order valence-electron chi connectivity index (χ1n) is 7.84. The Bertz CT molecular complexity index is 680. The molecule has 0 saturated carbocycles. The highest BCUT2D eigenvalue weighted by atomic mass is 16.5. The largest absolute Gasteiger partial charge is 0.468 e. The molecule has 3 rings (SSSR count). The van der Waals surface area contributed by atoms with Crippen molar-refractivity contribution in [1.29, 1.82) is 0 Å². The van der Waals surface area contributed by atoms with E-state index >= 15 is 0 Å². The Morgan fingerprint density at radius 3 is 2.48 bits per heavy atom. The molecule has 0 aliphatic carbocycles. The third kappa shape index (κ3) is 2.91. The predicted octanol–water partition coefficient (Wildman–Crippen LogP) is 2.50. The molecule has 0 unspecified atom stereocenters. The highest BCUT2D eigenvalue weighted by molar-refractivity contribution is 5.83. The molecule has 1 saturated heterocycles. The number of carbonyl (C=O) groups excluding carboxylic acids is 1. The van der Waals surface area contributed by atoms with Gasteiger partial charge in [0.25, 0.3) is 0 Å². The molecule has 5 nitrogen and oxygen atoms in total. The van der Waals surface area contributed by atoms with Crippen LogP contribution >= 0.6 is 0 Å². The maximum atomic E-state index is 12.5. The van der Waals surface area contributed by atoms with Crippen LogP contribution in [0.4, 0.5) is 5.95 Å². The summed E-state index contributed by atoms with van der Waals surface area (Å²) < 4.78 is 5.12. The van der Waals surface area contributed by atoms with Gasteiger partial charge in [0, 0.05) is 25.0 Å². The lowest BCUT2D eigenvalue weighted by molar-refractivity contribution is -0.148. The van der Waals surface area contributed by atoms with Crippen molar-refractivity contribution < 1.29 is 9.53 Å². The number of esters is 1. The normalized spacial score (nSPS) is 16.9. The first-order valence-corrected chi connectivity index (χ1v) is 7.84. The first kappa shape index (κ1) is 15.5. The van der Waals surface area contributed by atoms with Crippen LogP contribution in [0.25, 0.3) is 0 Å². The molecule has 2 heterocycles. The second kappa shape index (κ2) is 6.36. The van der Waals surface area contributed by atoms with Crippen LogP contribution in [-0.2, 0) is 14.9 Å². The Morgan fingerprint density at radius 2 is 1.87 bits per heavy atom. The van der Waals surface area contributed by atoms with E-state index in [1.165, 1.54) is 7.11 Å². The van der Waals surface area contributed by atoms with Crippen LogP contribution < -0.4 is 4.90 Å². The van der Waals surface area contributed by atoms with Gasteiger partial charge < -0.3 is 9.64 Å². The van der Waals surface area contributed by atoms with E-state index in [9.17, 15) is 4.79 Å². The summed E-state index contributed by atoms with van der Waals surface area (Å²) in [5.74, 6) is 0.574. The van der Waals surface area contributed by atoms with Crippen LogP contribution in [0, 0.1) is 6.92 Å². The number of hydrogen-bond acceptors (Lipinski definition) is 5. The molecule has 0 N–H and O–H groups in total. The monoisotopic (exact) mass is 311 g/mol. The van der Waals surface area contributed by atoms with E-state index in [4.69, 9.17) is 4.74 Å². The molecule has 1 aromatic heterocycles. The summed E-state index contributed by atoms with van der Waals surface area (Å²) in [6.45, 7) is 3.42. The lowest BCUT2D eigenvalue weighted by Crippen LogP contribution is -2.48. The topological polar surface area (TPSA) is 55.3 Å². The fourth-order valence-electron chi connectivity index (χ4n) is 3.24. The van der Waals surface area contributed by atoms with E-state index in [-0.39, 0.29) is 5.97 Å².